The lowest BCUT2D eigenvalue weighted by Gasteiger charge is -2.36. The Labute approximate surface area is 142 Å². The van der Waals surface area contributed by atoms with Crippen molar-refractivity contribution < 1.29 is 14.4 Å². The molecule has 0 saturated carbocycles. The molecule has 1 aliphatic rings. The summed E-state index contributed by atoms with van der Waals surface area (Å²) in [5.74, 6) is -0.539. The number of carbonyl (C=O) groups excluding carboxylic acids is 3. The number of nitrogens with one attached hydrogen (secondary N) is 1. The van der Waals surface area contributed by atoms with E-state index < -0.39 is 5.41 Å². The Morgan fingerprint density at radius 1 is 1.08 bits per heavy atom. The Kier molecular flexibility index (Phi) is 5.26. The van der Waals surface area contributed by atoms with Crippen molar-refractivity contribution in [2.75, 3.05) is 31.5 Å². The zero-order chi connectivity index (χ0) is 17.9. The maximum Gasteiger partial charge on any atom is 0.239 e. The number of hydrogen-bond donors (Lipinski definition) is 1. The van der Waals surface area contributed by atoms with Crippen LogP contribution in [0.2, 0.25) is 0 Å². The van der Waals surface area contributed by atoms with Gasteiger partial charge in [-0.3, -0.25) is 14.4 Å². The van der Waals surface area contributed by atoms with E-state index in [-0.39, 0.29) is 11.8 Å². The van der Waals surface area contributed by atoms with Crippen LogP contribution in [0.1, 0.15) is 25.0 Å². The summed E-state index contributed by atoms with van der Waals surface area (Å²) in [6, 6.07) is 5.68. The molecule has 0 atom stereocenters. The number of rotatable bonds is 4. The van der Waals surface area contributed by atoms with Gasteiger partial charge in [-0.15, -0.1) is 0 Å². The standard InChI is InChI=1S/C18H25N3O3/c1-13-5-6-15(11-14(13)2)19-16(23)18(3,4)17(24)21-9-7-20(12-22)8-10-21/h5-6,11-12H,7-10H2,1-4H3,(H,19,23). The van der Waals surface area contributed by atoms with Crippen molar-refractivity contribution in [2.45, 2.75) is 27.7 Å². The second kappa shape index (κ2) is 7.03. The molecule has 0 aliphatic carbocycles. The number of aryl methyl sites for hydroxylation is 2. The van der Waals surface area contributed by atoms with Crippen LogP contribution in [0.15, 0.2) is 18.2 Å². The summed E-state index contributed by atoms with van der Waals surface area (Å²) in [6.45, 7) is 9.18. The molecule has 1 aliphatic heterocycles. The van der Waals surface area contributed by atoms with E-state index in [9.17, 15) is 14.4 Å². The van der Waals surface area contributed by atoms with Crippen LogP contribution in [0, 0.1) is 19.3 Å². The van der Waals surface area contributed by atoms with Gasteiger partial charge in [0, 0.05) is 31.9 Å². The summed E-state index contributed by atoms with van der Waals surface area (Å²) in [4.78, 5) is 39.4. The first kappa shape index (κ1) is 18.0. The second-order valence-corrected chi connectivity index (χ2v) is 6.81. The van der Waals surface area contributed by atoms with E-state index in [1.54, 1.807) is 23.6 Å². The van der Waals surface area contributed by atoms with Gasteiger partial charge in [-0.1, -0.05) is 6.07 Å². The number of carbonyl (C=O) groups is 3. The molecule has 1 N–H and O–H groups in total. The van der Waals surface area contributed by atoms with Crippen LogP contribution in [-0.2, 0) is 14.4 Å². The van der Waals surface area contributed by atoms with E-state index in [1.807, 2.05) is 32.0 Å². The van der Waals surface area contributed by atoms with Crippen molar-refractivity contribution >= 4 is 23.9 Å². The topological polar surface area (TPSA) is 69.7 Å². The van der Waals surface area contributed by atoms with Gasteiger partial charge >= 0.3 is 0 Å². The summed E-state index contributed by atoms with van der Waals surface area (Å²) in [5.41, 5.74) is 1.76. The molecule has 0 bridgehead atoms. The van der Waals surface area contributed by atoms with Crippen molar-refractivity contribution in [1.29, 1.82) is 0 Å². The van der Waals surface area contributed by atoms with Crippen LogP contribution in [0.3, 0.4) is 0 Å². The van der Waals surface area contributed by atoms with E-state index in [1.165, 1.54) is 0 Å². The fourth-order valence-electron chi connectivity index (χ4n) is 2.63. The highest BCUT2D eigenvalue weighted by Gasteiger charge is 2.40. The summed E-state index contributed by atoms with van der Waals surface area (Å²) in [6.07, 6.45) is 0.791. The van der Waals surface area contributed by atoms with Gasteiger partial charge in [0.1, 0.15) is 5.41 Å². The van der Waals surface area contributed by atoms with Crippen molar-refractivity contribution in [2.24, 2.45) is 5.41 Å². The molecule has 130 valence electrons. The molecule has 2 rings (SSSR count). The fraction of sp³-hybridized carbons (Fsp3) is 0.500. The number of benzene rings is 1. The third-order valence-corrected chi connectivity index (χ3v) is 4.62. The van der Waals surface area contributed by atoms with Crippen molar-refractivity contribution in [3.05, 3.63) is 29.3 Å². The highest BCUT2D eigenvalue weighted by Crippen LogP contribution is 2.23. The molecule has 1 aromatic rings. The minimum absolute atomic E-state index is 0.214. The Bertz CT molecular complexity index is 647. The molecule has 6 heteroatoms. The van der Waals surface area contributed by atoms with Crippen molar-refractivity contribution in [3.63, 3.8) is 0 Å². The van der Waals surface area contributed by atoms with Gasteiger partial charge in [0.05, 0.1) is 0 Å². The quantitative estimate of drug-likeness (QED) is 0.672. The van der Waals surface area contributed by atoms with Crippen LogP contribution in [0.4, 0.5) is 5.69 Å². The Balaban J connectivity index is 2.05. The molecule has 6 nitrogen and oxygen atoms in total. The van der Waals surface area contributed by atoms with Crippen LogP contribution in [0.5, 0.6) is 0 Å². The zero-order valence-electron chi connectivity index (χ0n) is 14.8. The Hall–Kier alpha value is -2.37. The van der Waals surface area contributed by atoms with E-state index in [0.29, 0.717) is 31.9 Å². The van der Waals surface area contributed by atoms with Gasteiger partial charge in [-0.25, -0.2) is 0 Å². The number of anilines is 1. The monoisotopic (exact) mass is 331 g/mol. The molecule has 0 aromatic heterocycles. The summed E-state index contributed by atoms with van der Waals surface area (Å²) in [5, 5.41) is 2.84. The average Bonchev–Trinajstić information content (AvgIpc) is 2.57. The number of nitrogens with zero attached hydrogens (tertiary/aromatic N) is 2. The first-order valence-electron chi connectivity index (χ1n) is 8.13. The molecular weight excluding hydrogens is 306 g/mol. The summed E-state index contributed by atoms with van der Waals surface area (Å²) < 4.78 is 0. The molecule has 0 radical (unpaired) electrons. The molecule has 1 saturated heterocycles. The molecule has 0 spiro atoms. The van der Waals surface area contributed by atoms with Crippen molar-refractivity contribution in [3.8, 4) is 0 Å². The molecule has 1 fully saturated rings. The van der Waals surface area contributed by atoms with E-state index in [0.717, 1.165) is 17.5 Å². The number of amides is 3. The second-order valence-electron chi connectivity index (χ2n) is 6.81. The van der Waals surface area contributed by atoms with E-state index >= 15 is 0 Å². The van der Waals surface area contributed by atoms with Gasteiger partial charge in [0.2, 0.25) is 18.2 Å². The van der Waals surface area contributed by atoms with Gasteiger partial charge in [0.25, 0.3) is 0 Å². The lowest BCUT2D eigenvalue weighted by Crippen LogP contribution is -2.54. The zero-order valence-corrected chi connectivity index (χ0v) is 14.8. The van der Waals surface area contributed by atoms with Crippen LogP contribution < -0.4 is 5.32 Å². The van der Waals surface area contributed by atoms with E-state index in [2.05, 4.69) is 5.32 Å². The lowest BCUT2D eigenvalue weighted by atomic mass is 9.89. The maximum absolute atomic E-state index is 12.7. The third kappa shape index (κ3) is 3.75. The predicted molar refractivity (Wildman–Crippen MR) is 92.5 cm³/mol. The summed E-state index contributed by atoms with van der Waals surface area (Å²) >= 11 is 0. The van der Waals surface area contributed by atoms with E-state index in [4.69, 9.17) is 0 Å². The molecular formula is C18H25N3O3. The largest absolute Gasteiger partial charge is 0.342 e. The maximum atomic E-state index is 12.7. The molecule has 1 aromatic carbocycles. The Morgan fingerprint density at radius 3 is 2.25 bits per heavy atom. The van der Waals surface area contributed by atoms with Crippen LogP contribution in [0.25, 0.3) is 0 Å². The molecule has 1 heterocycles. The van der Waals surface area contributed by atoms with Gasteiger partial charge in [-0.2, -0.15) is 0 Å². The number of piperazine rings is 1. The number of hydrogen-bond acceptors (Lipinski definition) is 3. The van der Waals surface area contributed by atoms with Gasteiger partial charge in [0.15, 0.2) is 0 Å². The molecule has 0 unspecified atom stereocenters. The minimum Gasteiger partial charge on any atom is -0.342 e. The smallest absolute Gasteiger partial charge is 0.239 e. The summed E-state index contributed by atoms with van der Waals surface area (Å²) in [7, 11) is 0. The normalized spacial score (nSPS) is 15.2. The minimum atomic E-state index is -1.16. The average molecular weight is 331 g/mol. The van der Waals surface area contributed by atoms with Gasteiger partial charge < -0.3 is 15.1 Å². The first-order chi connectivity index (χ1) is 11.3. The molecule has 24 heavy (non-hydrogen) atoms. The highest BCUT2D eigenvalue weighted by molar-refractivity contribution is 6.09. The SMILES string of the molecule is Cc1ccc(NC(=O)C(C)(C)C(=O)N2CCN(C=O)CC2)cc1C. The van der Waals surface area contributed by atoms with Crippen LogP contribution >= 0.6 is 0 Å². The Morgan fingerprint density at radius 2 is 1.71 bits per heavy atom. The highest BCUT2D eigenvalue weighted by atomic mass is 16.2. The van der Waals surface area contributed by atoms with Gasteiger partial charge in [-0.05, 0) is 51.0 Å². The third-order valence-electron chi connectivity index (χ3n) is 4.62. The first-order valence-corrected chi connectivity index (χ1v) is 8.13. The molecule has 3 amide bonds. The van der Waals surface area contributed by atoms with Crippen LogP contribution in [-0.4, -0.2) is 54.2 Å². The predicted octanol–water partition coefficient (Wildman–Crippen LogP) is 1.57. The van der Waals surface area contributed by atoms with Crippen molar-refractivity contribution in [1.82, 2.24) is 9.80 Å². The fourth-order valence-corrected chi connectivity index (χ4v) is 2.63. The lowest BCUT2D eigenvalue weighted by molar-refractivity contribution is -0.148.